The second-order valence-electron chi connectivity index (χ2n) is 3.76. The van der Waals surface area contributed by atoms with Crippen LogP contribution in [0.2, 0.25) is 0 Å². The smallest absolute Gasteiger partial charge is 0.145 e. The fourth-order valence-electron chi connectivity index (χ4n) is 1.75. The van der Waals surface area contributed by atoms with Gasteiger partial charge in [0.05, 0.1) is 0 Å². The van der Waals surface area contributed by atoms with Crippen LogP contribution >= 0.6 is 0 Å². The molecule has 0 saturated carbocycles. The van der Waals surface area contributed by atoms with Crippen molar-refractivity contribution < 1.29 is 4.74 Å². The molecule has 0 atom stereocenters. The molecule has 0 spiro atoms. The maximum absolute atomic E-state index is 6.02. The summed E-state index contributed by atoms with van der Waals surface area (Å²) in [6, 6.07) is 9.98. The maximum Gasteiger partial charge on any atom is 0.145 e. The van der Waals surface area contributed by atoms with Gasteiger partial charge in [0.1, 0.15) is 11.4 Å². The van der Waals surface area contributed by atoms with Crippen LogP contribution in [0.4, 0.5) is 0 Å². The summed E-state index contributed by atoms with van der Waals surface area (Å²) in [5, 5.41) is 0. The first-order chi connectivity index (χ1) is 7.35. The normalized spacial score (nSPS) is 17.7. The molecule has 0 aliphatic heterocycles. The van der Waals surface area contributed by atoms with E-state index in [-0.39, 0.29) is 5.60 Å². The average molecular weight is 200 g/mol. The van der Waals surface area contributed by atoms with Gasteiger partial charge in [0.15, 0.2) is 0 Å². The van der Waals surface area contributed by atoms with Crippen LogP contribution < -0.4 is 4.74 Å². The topological polar surface area (TPSA) is 9.23 Å². The zero-order valence-electron chi connectivity index (χ0n) is 9.02. The van der Waals surface area contributed by atoms with Crippen LogP contribution in [-0.2, 0) is 0 Å². The molecular weight excluding hydrogens is 184 g/mol. The number of ether oxygens (including phenoxy) is 1. The molecule has 2 rings (SSSR count). The number of para-hydroxylation sites is 1. The predicted octanol–water partition coefficient (Wildman–Crippen LogP) is 3.73. The molecule has 78 valence electrons. The first-order valence-corrected chi connectivity index (χ1v) is 5.44. The Morgan fingerprint density at radius 1 is 1.13 bits per heavy atom. The number of hydrogen-bond donors (Lipinski definition) is 0. The summed E-state index contributed by atoms with van der Waals surface area (Å²) in [5.74, 6) is 0.926. The van der Waals surface area contributed by atoms with E-state index in [1.807, 2.05) is 30.3 Å². The lowest BCUT2D eigenvalue weighted by Crippen LogP contribution is -2.31. The highest BCUT2D eigenvalue weighted by molar-refractivity contribution is 5.28. The van der Waals surface area contributed by atoms with Crippen LogP contribution in [0.15, 0.2) is 54.6 Å². The summed E-state index contributed by atoms with van der Waals surface area (Å²) in [6.07, 6.45) is 10.6. The van der Waals surface area contributed by atoms with Gasteiger partial charge in [0.2, 0.25) is 0 Å². The fourth-order valence-corrected chi connectivity index (χ4v) is 1.75. The molecule has 0 radical (unpaired) electrons. The zero-order chi connectivity index (χ0) is 10.6. The van der Waals surface area contributed by atoms with Crippen molar-refractivity contribution in [1.29, 1.82) is 0 Å². The van der Waals surface area contributed by atoms with Gasteiger partial charge in [-0.25, -0.2) is 0 Å². The first kappa shape index (κ1) is 10.0. The van der Waals surface area contributed by atoms with Crippen molar-refractivity contribution in [2.45, 2.75) is 25.4 Å². The molecule has 0 saturated heterocycles. The molecule has 1 aromatic rings. The van der Waals surface area contributed by atoms with E-state index in [1.165, 1.54) is 0 Å². The first-order valence-electron chi connectivity index (χ1n) is 5.44. The van der Waals surface area contributed by atoms with E-state index in [0.29, 0.717) is 0 Å². The van der Waals surface area contributed by atoms with Crippen molar-refractivity contribution in [2.24, 2.45) is 0 Å². The van der Waals surface area contributed by atoms with Crippen LogP contribution in [0.1, 0.15) is 19.8 Å². The van der Waals surface area contributed by atoms with Gasteiger partial charge in [0, 0.05) is 0 Å². The van der Waals surface area contributed by atoms with Crippen molar-refractivity contribution in [1.82, 2.24) is 0 Å². The summed E-state index contributed by atoms with van der Waals surface area (Å²) in [4.78, 5) is 0. The Labute approximate surface area is 91.1 Å². The van der Waals surface area contributed by atoms with Crippen molar-refractivity contribution in [2.75, 3.05) is 0 Å². The minimum atomic E-state index is -0.237. The molecular formula is C14H16O. The molecule has 1 aliphatic carbocycles. The van der Waals surface area contributed by atoms with Crippen LogP contribution in [-0.4, -0.2) is 5.60 Å². The van der Waals surface area contributed by atoms with Crippen LogP contribution in [0, 0.1) is 0 Å². The second kappa shape index (κ2) is 4.35. The van der Waals surface area contributed by atoms with Crippen LogP contribution in [0.5, 0.6) is 5.75 Å². The molecule has 1 nitrogen and oxygen atoms in total. The van der Waals surface area contributed by atoms with Crippen molar-refractivity contribution >= 4 is 0 Å². The number of hydrogen-bond acceptors (Lipinski definition) is 1. The monoisotopic (exact) mass is 200 g/mol. The molecule has 1 aromatic carbocycles. The number of allylic oxidation sites excluding steroid dienone is 2. The maximum atomic E-state index is 6.02. The van der Waals surface area contributed by atoms with Crippen LogP contribution in [0.25, 0.3) is 0 Å². The Hall–Kier alpha value is -1.50. The summed E-state index contributed by atoms with van der Waals surface area (Å²) in [7, 11) is 0. The van der Waals surface area contributed by atoms with E-state index in [2.05, 4.69) is 31.2 Å². The highest BCUT2D eigenvalue weighted by Crippen LogP contribution is 2.26. The molecule has 0 unspecified atom stereocenters. The molecule has 0 aromatic heterocycles. The van der Waals surface area contributed by atoms with Gasteiger partial charge in [-0.15, -0.1) is 0 Å². The quantitative estimate of drug-likeness (QED) is 0.675. The standard InChI is InChI=1S/C14H16O/c1-2-14(11-7-4-8-12-14)15-13-9-5-3-6-10-13/h3,5-12H,2,4H2,1H3. The van der Waals surface area contributed by atoms with E-state index >= 15 is 0 Å². The third-order valence-electron chi connectivity index (χ3n) is 2.68. The molecule has 0 N–H and O–H groups in total. The lowest BCUT2D eigenvalue weighted by Gasteiger charge is -2.29. The predicted molar refractivity (Wildman–Crippen MR) is 63.0 cm³/mol. The van der Waals surface area contributed by atoms with Crippen LogP contribution in [0.3, 0.4) is 0 Å². The SMILES string of the molecule is CCC1(Oc2ccccc2)C=CCC=C1. The van der Waals surface area contributed by atoms with Gasteiger partial charge in [-0.3, -0.25) is 0 Å². The number of rotatable bonds is 3. The average Bonchev–Trinajstić information content (AvgIpc) is 2.32. The third-order valence-corrected chi connectivity index (χ3v) is 2.68. The van der Waals surface area contributed by atoms with Crippen molar-refractivity contribution in [3.8, 4) is 5.75 Å². The highest BCUT2D eigenvalue weighted by atomic mass is 16.5. The largest absolute Gasteiger partial charge is 0.479 e. The Kier molecular flexibility index (Phi) is 2.91. The Morgan fingerprint density at radius 2 is 1.80 bits per heavy atom. The Balaban J connectivity index is 2.18. The lowest BCUT2D eigenvalue weighted by molar-refractivity contribution is 0.165. The molecule has 1 aliphatic rings. The summed E-state index contributed by atoms with van der Waals surface area (Å²) in [6.45, 7) is 2.14. The molecule has 15 heavy (non-hydrogen) atoms. The van der Waals surface area contributed by atoms with E-state index in [4.69, 9.17) is 4.74 Å². The molecule has 0 bridgehead atoms. The molecule has 0 fully saturated rings. The molecule has 0 heterocycles. The Morgan fingerprint density at radius 3 is 2.40 bits per heavy atom. The van der Waals surface area contributed by atoms with E-state index in [0.717, 1.165) is 18.6 Å². The molecule has 1 heteroatoms. The molecule has 0 amide bonds. The van der Waals surface area contributed by atoms with Gasteiger partial charge in [-0.2, -0.15) is 0 Å². The number of benzene rings is 1. The minimum Gasteiger partial charge on any atom is -0.479 e. The van der Waals surface area contributed by atoms with Gasteiger partial charge in [0.25, 0.3) is 0 Å². The van der Waals surface area contributed by atoms with Crippen molar-refractivity contribution in [3.63, 3.8) is 0 Å². The van der Waals surface area contributed by atoms with Crippen molar-refractivity contribution in [3.05, 3.63) is 54.6 Å². The lowest BCUT2D eigenvalue weighted by atomic mass is 9.95. The van der Waals surface area contributed by atoms with Gasteiger partial charge in [-0.05, 0) is 37.1 Å². The van der Waals surface area contributed by atoms with Gasteiger partial charge >= 0.3 is 0 Å². The van der Waals surface area contributed by atoms with E-state index in [9.17, 15) is 0 Å². The third kappa shape index (κ3) is 2.30. The summed E-state index contributed by atoms with van der Waals surface area (Å²) >= 11 is 0. The Bertz CT molecular complexity index is 350. The van der Waals surface area contributed by atoms with Gasteiger partial charge < -0.3 is 4.74 Å². The second-order valence-corrected chi connectivity index (χ2v) is 3.76. The summed E-state index contributed by atoms with van der Waals surface area (Å²) < 4.78 is 6.02. The van der Waals surface area contributed by atoms with E-state index < -0.39 is 0 Å². The minimum absolute atomic E-state index is 0.237. The van der Waals surface area contributed by atoms with Gasteiger partial charge in [-0.1, -0.05) is 37.3 Å². The fraction of sp³-hybridized carbons (Fsp3) is 0.286. The highest BCUT2D eigenvalue weighted by Gasteiger charge is 2.24. The van der Waals surface area contributed by atoms with E-state index in [1.54, 1.807) is 0 Å². The summed E-state index contributed by atoms with van der Waals surface area (Å²) in [5.41, 5.74) is -0.237. The zero-order valence-corrected chi connectivity index (χ0v) is 9.02.